The number of benzene rings is 1. The molecule has 0 spiro atoms. The second kappa shape index (κ2) is 11.6. The molecule has 4 aromatic rings. The van der Waals surface area contributed by atoms with E-state index in [1.54, 1.807) is 13.3 Å². The van der Waals surface area contributed by atoms with Crippen molar-refractivity contribution in [3.63, 3.8) is 0 Å². The van der Waals surface area contributed by atoms with E-state index in [1.165, 1.54) is 24.7 Å². The topological polar surface area (TPSA) is 104 Å². The number of fused-ring (bicyclic) bond motifs is 1. The third-order valence-electron chi connectivity index (χ3n) is 6.93. The van der Waals surface area contributed by atoms with Crippen LogP contribution in [-0.4, -0.2) is 85.9 Å². The number of methoxy groups -OCH3 is 1. The normalized spacial score (nSPS) is 17.6. The Morgan fingerprint density at radius 3 is 2.82 bits per heavy atom. The van der Waals surface area contributed by atoms with Crippen LogP contribution in [-0.2, 0) is 11.3 Å². The van der Waals surface area contributed by atoms with Crippen LogP contribution in [0.2, 0.25) is 0 Å². The Labute approximate surface area is 226 Å². The van der Waals surface area contributed by atoms with Gasteiger partial charge in [0, 0.05) is 62.9 Å². The largest absolute Gasteiger partial charge is 0.493 e. The third-order valence-corrected chi connectivity index (χ3v) is 8.36. The molecule has 2 N–H and O–H groups in total. The van der Waals surface area contributed by atoms with Gasteiger partial charge in [0.2, 0.25) is 5.95 Å². The molecule has 11 heteroatoms. The number of rotatable bonds is 8. The Bertz CT molecular complexity index is 1370. The number of nitrogens with one attached hydrogen (secondary N) is 2. The van der Waals surface area contributed by atoms with Gasteiger partial charge in [-0.25, -0.2) is 24.2 Å². The first kappa shape index (κ1) is 25.1. The number of H-pyrrole nitrogens is 1. The smallest absolute Gasteiger partial charge is 0.206 e. The molecule has 2 saturated heterocycles. The quantitative estimate of drug-likeness (QED) is 0.322. The number of pyridine rings is 1. The van der Waals surface area contributed by atoms with Crippen molar-refractivity contribution in [3.05, 3.63) is 54.6 Å². The van der Waals surface area contributed by atoms with E-state index in [9.17, 15) is 0 Å². The fourth-order valence-electron chi connectivity index (χ4n) is 4.90. The zero-order valence-electron chi connectivity index (χ0n) is 21.5. The van der Waals surface area contributed by atoms with E-state index >= 15 is 0 Å². The lowest BCUT2D eigenvalue weighted by Crippen LogP contribution is -2.43. The molecule has 0 aliphatic carbocycles. The lowest BCUT2D eigenvalue weighted by molar-refractivity contribution is 0.0989. The van der Waals surface area contributed by atoms with E-state index < -0.39 is 0 Å². The van der Waals surface area contributed by atoms with Crippen molar-refractivity contribution in [2.75, 3.05) is 51.8 Å². The van der Waals surface area contributed by atoms with Crippen molar-refractivity contribution in [1.82, 2.24) is 34.1 Å². The second-order valence-electron chi connectivity index (χ2n) is 9.55. The molecule has 1 aromatic carbocycles. The first-order valence-electron chi connectivity index (χ1n) is 13.0. The van der Waals surface area contributed by atoms with Gasteiger partial charge >= 0.3 is 0 Å². The van der Waals surface area contributed by atoms with E-state index in [0.717, 1.165) is 74.0 Å². The lowest BCUT2D eigenvalue weighted by atomic mass is 10.1. The molecule has 198 valence electrons. The van der Waals surface area contributed by atoms with Crippen LogP contribution in [0.5, 0.6) is 5.75 Å². The molecule has 38 heavy (non-hydrogen) atoms. The van der Waals surface area contributed by atoms with E-state index in [1.807, 2.05) is 36.3 Å². The maximum Gasteiger partial charge on any atom is 0.206 e. The molecule has 6 rings (SSSR count). The predicted molar refractivity (Wildman–Crippen MR) is 149 cm³/mol. The molecular formula is C27H32N8O2S. The Hall–Kier alpha value is -3.25. The van der Waals surface area contributed by atoms with Crippen molar-refractivity contribution < 1.29 is 9.47 Å². The van der Waals surface area contributed by atoms with E-state index in [2.05, 4.69) is 46.6 Å². The summed E-state index contributed by atoms with van der Waals surface area (Å²) in [6.07, 6.45) is 7.38. The first-order valence-corrected chi connectivity index (χ1v) is 13.8. The zero-order chi connectivity index (χ0) is 25.7. The molecule has 0 amide bonds. The Balaban J connectivity index is 1.07. The number of aromatic nitrogens is 5. The van der Waals surface area contributed by atoms with Crippen molar-refractivity contribution in [3.8, 4) is 17.0 Å². The molecule has 3 aromatic heterocycles. The highest BCUT2D eigenvalue weighted by atomic mass is 32.2. The number of hydrogen-bond acceptors (Lipinski definition) is 10. The SMILES string of the molecule is COc1cncnc1-c1ccc2nc(Nc3cc(CN4CCN(SC5CCOCC5)CC4)ccn3)[nH]c2c1. The monoisotopic (exact) mass is 532 g/mol. The van der Waals surface area contributed by atoms with Crippen LogP contribution in [0.3, 0.4) is 0 Å². The van der Waals surface area contributed by atoms with Gasteiger partial charge < -0.3 is 19.8 Å². The summed E-state index contributed by atoms with van der Waals surface area (Å²) >= 11 is 2.04. The van der Waals surface area contributed by atoms with Crippen LogP contribution in [0, 0.1) is 0 Å². The van der Waals surface area contributed by atoms with Crippen molar-refractivity contribution >= 4 is 34.7 Å². The molecule has 2 aliphatic heterocycles. The summed E-state index contributed by atoms with van der Waals surface area (Å²) < 4.78 is 13.5. The maximum absolute atomic E-state index is 5.50. The number of ether oxygens (including phenoxy) is 2. The summed E-state index contributed by atoms with van der Waals surface area (Å²) in [7, 11) is 1.62. The van der Waals surface area contributed by atoms with E-state index in [-0.39, 0.29) is 0 Å². The van der Waals surface area contributed by atoms with Gasteiger partial charge in [0.25, 0.3) is 0 Å². The van der Waals surface area contributed by atoms with Gasteiger partial charge in [0.15, 0.2) is 5.75 Å². The minimum atomic E-state index is 0.630. The Kier molecular flexibility index (Phi) is 7.68. The fraction of sp³-hybridized carbons (Fsp3) is 0.407. The fourth-order valence-corrected chi connectivity index (χ4v) is 6.10. The van der Waals surface area contributed by atoms with Crippen molar-refractivity contribution in [1.29, 1.82) is 0 Å². The van der Waals surface area contributed by atoms with Crippen LogP contribution in [0.25, 0.3) is 22.3 Å². The highest BCUT2D eigenvalue weighted by molar-refractivity contribution is 7.97. The van der Waals surface area contributed by atoms with Gasteiger partial charge in [0.1, 0.15) is 17.8 Å². The second-order valence-corrected chi connectivity index (χ2v) is 10.9. The van der Waals surface area contributed by atoms with Crippen LogP contribution < -0.4 is 10.1 Å². The van der Waals surface area contributed by atoms with Crippen molar-refractivity contribution in [2.45, 2.75) is 24.6 Å². The van der Waals surface area contributed by atoms with Gasteiger partial charge in [-0.15, -0.1) is 0 Å². The number of nitrogens with zero attached hydrogens (tertiary/aromatic N) is 6. The van der Waals surface area contributed by atoms with Crippen molar-refractivity contribution in [2.24, 2.45) is 0 Å². The molecule has 5 heterocycles. The molecule has 0 atom stereocenters. The average Bonchev–Trinajstić information content (AvgIpc) is 3.36. The summed E-state index contributed by atoms with van der Waals surface area (Å²) in [5.41, 5.74) is 4.67. The highest BCUT2D eigenvalue weighted by Crippen LogP contribution is 2.30. The highest BCUT2D eigenvalue weighted by Gasteiger charge is 2.22. The van der Waals surface area contributed by atoms with Gasteiger partial charge in [0.05, 0.1) is 24.3 Å². The Morgan fingerprint density at radius 1 is 1.11 bits per heavy atom. The molecule has 0 unspecified atom stereocenters. The van der Waals surface area contributed by atoms with E-state index in [4.69, 9.17) is 14.5 Å². The van der Waals surface area contributed by atoms with Crippen LogP contribution in [0.15, 0.2) is 49.1 Å². The van der Waals surface area contributed by atoms with Gasteiger partial charge in [-0.3, -0.25) is 4.90 Å². The standard InChI is InChI=1S/C27H32N8O2S/c1-36-24-16-28-18-30-26(24)20-2-3-22-23(15-20)32-27(31-22)33-25-14-19(4-7-29-25)17-34-8-10-35(11-9-34)38-21-5-12-37-13-6-21/h2-4,7,14-16,18,21H,5-6,8-13,17H2,1H3,(H2,29,31,32,33). The van der Waals surface area contributed by atoms with Crippen LogP contribution in [0.4, 0.5) is 11.8 Å². The number of imidazole rings is 1. The molecule has 0 bridgehead atoms. The number of hydrogen-bond donors (Lipinski definition) is 2. The van der Waals surface area contributed by atoms with Crippen LogP contribution >= 0.6 is 11.9 Å². The van der Waals surface area contributed by atoms with Gasteiger partial charge in [-0.05, 0) is 42.7 Å². The lowest BCUT2D eigenvalue weighted by Gasteiger charge is -2.36. The summed E-state index contributed by atoms with van der Waals surface area (Å²) in [4.78, 5) is 23.5. The molecule has 2 fully saturated rings. The molecule has 10 nitrogen and oxygen atoms in total. The average molecular weight is 533 g/mol. The minimum Gasteiger partial charge on any atom is -0.493 e. The van der Waals surface area contributed by atoms with Gasteiger partial charge in [-0.2, -0.15) is 0 Å². The predicted octanol–water partition coefficient (Wildman–Crippen LogP) is 4.11. The first-order chi connectivity index (χ1) is 18.7. The summed E-state index contributed by atoms with van der Waals surface area (Å²) in [5, 5.41) is 4.05. The third kappa shape index (κ3) is 5.91. The summed E-state index contributed by atoms with van der Waals surface area (Å²) in [6, 6.07) is 10.2. The van der Waals surface area contributed by atoms with Crippen LogP contribution in [0.1, 0.15) is 18.4 Å². The van der Waals surface area contributed by atoms with Gasteiger partial charge in [-0.1, -0.05) is 18.0 Å². The molecular weight excluding hydrogens is 500 g/mol. The number of piperazine rings is 1. The summed E-state index contributed by atoms with van der Waals surface area (Å²) in [5.74, 6) is 2.05. The number of anilines is 2. The number of aromatic amines is 1. The molecule has 2 aliphatic rings. The minimum absolute atomic E-state index is 0.630. The van der Waals surface area contributed by atoms with E-state index in [0.29, 0.717) is 16.9 Å². The summed E-state index contributed by atoms with van der Waals surface area (Å²) in [6.45, 7) is 7.07. The zero-order valence-corrected chi connectivity index (χ0v) is 22.3. The Morgan fingerprint density at radius 2 is 1.97 bits per heavy atom. The molecule has 0 radical (unpaired) electrons. The molecule has 0 saturated carbocycles. The maximum atomic E-state index is 5.50.